The molecule has 0 spiro atoms. The molecule has 1 fully saturated rings. The maximum Gasteiger partial charge on any atom is 0.382 e. The van der Waals surface area contributed by atoms with Crippen molar-refractivity contribution >= 4 is 17.7 Å². The molecule has 14 heavy (non-hydrogen) atoms. The van der Waals surface area contributed by atoms with Crippen LogP contribution in [0.1, 0.15) is 13.3 Å². The molecule has 2 atom stereocenters. The summed E-state index contributed by atoms with van der Waals surface area (Å²) in [6.45, 7) is 1.68. The van der Waals surface area contributed by atoms with E-state index in [1.807, 2.05) is 0 Å². The van der Waals surface area contributed by atoms with Crippen molar-refractivity contribution in [1.82, 2.24) is 4.90 Å². The first-order chi connectivity index (χ1) is 6.43. The van der Waals surface area contributed by atoms with Crippen molar-refractivity contribution in [3.8, 4) is 0 Å². The Labute approximate surface area is 80.1 Å². The van der Waals surface area contributed by atoms with E-state index in [2.05, 4.69) is 0 Å². The second-order valence-electron chi connectivity index (χ2n) is 3.33. The Bertz CT molecular complexity index is 287. The van der Waals surface area contributed by atoms with E-state index in [0.717, 1.165) is 4.90 Å². The summed E-state index contributed by atoms with van der Waals surface area (Å²) < 4.78 is 0. The van der Waals surface area contributed by atoms with E-state index in [4.69, 9.17) is 5.11 Å². The molecule has 78 valence electrons. The van der Waals surface area contributed by atoms with Crippen molar-refractivity contribution in [3.05, 3.63) is 0 Å². The summed E-state index contributed by atoms with van der Waals surface area (Å²) in [5, 5.41) is 17.5. The van der Waals surface area contributed by atoms with Crippen molar-refractivity contribution in [2.24, 2.45) is 0 Å². The molecule has 0 aromatic rings. The van der Waals surface area contributed by atoms with Gasteiger partial charge in [0.05, 0.1) is 6.10 Å². The lowest BCUT2D eigenvalue weighted by Gasteiger charge is -2.18. The molecule has 0 bridgehead atoms. The average molecular weight is 201 g/mol. The summed E-state index contributed by atoms with van der Waals surface area (Å²) >= 11 is 0. The van der Waals surface area contributed by atoms with Crippen LogP contribution in [0.2, 0.25) is 0 Å². The molecule has 1 aliphatic heterocycles. The van der Waals surface area contributed by atoms with E-state index in [9.17, 15) is 19.5 Å². The maximum atomic E-state index is 11.2. The van der Waals surface area contributed by atoms with Crippen LogP contribution in [0.3, 0.4) is 0 Å². The molecule has 2 unspecified atom stereocenters. The van der Waals surface area contributed by atoms with Crippen molar-refractivity contribution in [2.75, 3.05) is 6.54 Å². The zero-order valence-electron chi connectivity index (χ0n) is 7.64. The van der Waals surface area contributed by atoms with Gasteiger partial charge in [-0.3, -0.25) is 9.59 Å². The van der Waals surface area contributed by atoms with Gasteiger partial charge in [0, 0.05) is 12.6 Å². The Morgan fingerprint density at radius 2 is 1.93 bits per heavy atom. The Kier molecular flexibility index (Phi) is 2.85. The van der Waals surface area contributed by atoms with Crippen LogP contribution < -0.4 is 0 Å². The molecule has 0 aliphatic carbocycles. The third kappa shape index (κ3) is 1.90. The Morgan fingerprint density at radius 1 is 1.36 bits per heavy atom. The molecular formula is C8H11NO5. The molecule has 1 rings (SSSR count). The third-order valence-electron chi connectivity index (χ3n) is 2.20. The van der Waals surface area contributed by atoms with Crippen molar-refractivity contribution in [2.45, 2.75) is 25.5 Å². The van der Waals surface area contributed by atoms with E-state index >= 15 is 0 Å². The van der Waals surface area contributed by atoms with Crippen molar-refractivity contribution in [1.29, 1.82) is 0 Å². The number of carboxylic acid groups (broad SMARTS) is 1. The number of likely N-dealkylation sites (tertiary alicyclic amines) is 1. The predicted molar refractivity (Wildman–Crippen MR) is 44.4 cm³/mol. The molecule has 0 saturated carbocycles. The minimum atomic E-state index is -1.76. The molecule has 0 radical (unpaired) electrons. The summed E-state index contributed by atoms with van der Waals surface area (Å²) in [6, 6.07) is -0.291. The standard InChI is InChI=1S/C8H11NO5/c1-4-2-5(10)3-9(4)7(12)6(11)8(13)14/h4-5,10H,2-3H2,1H3,(H,13,14). The van der Waals surface area contributed by atoms with Gasteiger partial charge in [-0.15, -0.1) is 0 Å². The highest BCUT2D eigenvalue weighted by Gasteiger charge is 2.36. The van der Waals surface area contributed by atoms with E-state index in [0.29, 0.717) is 6.42 Å². The first-order valence-corrected chi connectivity index (χ1v) is 4.19. The minimum Gasteiger partial charge on any atom is -0.475 e. The number of carbonyl (C=O) groups is 3. The number of ketones is 1. The van der Waals surface area contributed by atoms with Crippen molar-refractivity contribution in [3.63, 3.8) is 0 Å². The van der Waals surface area contributed by atoms with Gasteiger partial charge in [0.2, 0.25) is 0 Å². The van der Waals surface area contributed by atoms with E-state index in [-0.39, 0.29) is 12.6 Å². The number of Topliss-reactive ketones (excluding diaryl/α,β-unsaturated/α-hetero) is 1. The number of aliphatic hydroxyl groups excluding tert-OH is 1. The quantitative estimate of drug-likeness (QED) is 0.424. The van der Waals surface area contributed by atoms with Gasteiger partial charge >= 0.3 is 17.7 Å². The molecule has 1 saturated heterocycles. The smallest absolute Gasteiger partial charge is 0.382 e. The summed E-state index contributed by atoms with van der Waals surface area (Å²) in [7, 11) is 0. The molecule has 1 aliphatic rings. The number of carboxylic acids is 1. The van der Waals surface area contributed by atoms with Gasteiger partial charge in [-0.25, -0.2) is 4.79 Å². The van der Waals surface area contributed by atoms with Crippen molar-refractivity contribution < 1.29 is 24.6 Å². The van der Waals surface area contributed by atoms with Gasteiger partial charge in [0.1, 0.15) is 0 Å². The molecule has 1 amide bonds. The van der Waals surface area contributed by atoms with E-state index in [1.165, 1.54) is 0 Å². The lowest BCUT2D eigenvalue weighted by Crippen LogP contribution is -2.42. The number of hydrogen-bond donors (Lipinski definition) is 2. The van der Waals surface area contributed by atoms with Crippen LogP contribution in [0.15, 0.2) is 0 Å². The molecule has 6 nitrogen and oxygen atoms in total. The van der Waals surface area contributed by atoms with Gasteiger partial charge < -0.3 is 15.1 Å². The van der Waals surface area contributed by atoms with Gasteiger partial charge in [-0.2, -0.15) is 0 Å². The molecule has 6 heteroatoms. The van der Waals surface area contributed by atoms with Crippen LogP contribution in [0.25, 0.3) is 0 Å². The lowest BCUT2D eigenvalue weighted by atomic mass is 10.2. The summed E-state index contributed by atoms with van der Waals surface area (Å²) in [5.41, 5.74) is 0. The number of carbonyl (C=O) groups excluding carboxylic acids is 2. The molecule has 0 aromatic carbocycles. The van der Waals surface area contributed by atoms with Crippen LogP contribution in [-0.4, -0.2) is 51.5 Å². The topological polar surface area (TPSA) is 94.9 Å². The first kappa shape index (κ1) is 10.6. The van der Waals surface area contributed by atoms with Crippen LogP contribution in [-0.2, 0) is 14.4 Å². The van der Waals surface area contributed by atoms with Crippen LogP contribution >= 0.6 is 0 Å². The fourth-order valence-electron chi connectivity index (χ4n) is 1.51. The second kappa shape index (κ2) is 3.75. The van der Waals surface area contributed by atoms with Gasteiger partial charge in [-0.1, -0.05) is 0 Å². The first-order valence-electron chi connectivity index (χ1n) is 4.19. The SMILES string of the molecule is CC1CC(O)CN1C(=O)C(=O)C(=O)O. The van der Waals surface area contributed by atoms with Gasteiger partial charge in [-0.05, 0) is 13.3 Å². The number of β-amino-alcohol motifs (C(OH)–C–C–N with tert-alkyl or cyclic N) is 1. The monoisotopic (exact) mass is 201 g/mol. The average Bonchev–Trinajstić information content (AvgIpc) is 2.42. The molecule has 1 heterocycles. The Morgan fingerprint density at radius 3 is 2.29 bits per heavy atom. The highest BCUT2D eigenvalue weighted by Crippen LogP contribution is 2.17. The number of aliphatic carboxylic acids is 1. The normalized spacial score (nSPS) is 26.3. The largest absolute Gasteiger partial charge is 0.475 e. The minimum absolute atomic E-state index is 0.0268. The summed E-state index contributed by atoms with van der Waals surface area (Å²) in [4.78, 5) is 33.3. The highest BCUT2D eigenvalue weighted by molar-refractivity contribution is 6.61. The number of nitrogens with zero attached hydrogens (tertiary/aromatic N) is 1. The molecular weight excluding hydrogens is 190 g/mol. The fraction of sp³-hybridized carbons (Fsp3) is 0.625. The molecule has 2 N–H and O–H groups in total. The predicted octanol–water partition coefficient (Wildman–Crippen LogP) is -1.38. The lowest BCUT2D eigenvalue weighted by molar-refractivity contribution is -0.156. The van der Waals surface area contributed by atoms with Crippen LogP contribution in [0, 0.1) is 0 Å². The summed E-state index contributed by atoms with van der Waals surface area (Å²) in [5.74, 6) is -4.27. The van der Waals surface area contributed by atoms with E-state index in [1.54, 1.807) is 6.92 Å². The zero-order valence-corrected chi connectivity index (χ0v) is 7.64. The number of rotatable bonds is 2. The Hall–Kier alpha value is -1.43. The van der Waals surface area contributed by atoms with Crippen LogP contribution in [0.4, 0.5) is 0 Å². The third-order valence-corrected chi connectivity index (χ3v) is 2.20. The number of hydrogen-bond acceptors (Lipinski definition) is 4. The van der Waals surface area contributed by atoms with E-state index < -0.39 is 23.8 Å². The maximum absolute atomic E-state index is 11.2. The molecule has 0 aromatic heterocycles. The van der Waals surface area contributed by atoms with Crippen LogP contribution in [0.5, 0.6) is 0 Å². The zero-order chi connectivity index (χ0) is 10.9. The van der Waals surface area contributed by atoms with Gasteiger partial charge in [0.15, 0.2) is 0 Å². The Balaban J connectivity index is 2.71. The number of aliphatic hydroxyl groups is 1. The number of amides is 1. The fourth-order valence-corrected chi connectivity index (χ4v) is 1.51. The highest BCUT2D eigenvalue weighted by atomic mass is 16.4. The second-order valence-corrected chi connectivity index (χ2v) is 3.33. The van der Waals surface area contributed by atoms with Gasteiger partial charge in [0.25, 0.3) is 0 Å². The summed E-state index contributed by atoms with van der Waals surface area (Å²) in [6.07, 6.45) is -0.297.